The summed E-state index contributed by atoms with van der Waals surface area (Å²) in [5, 5.41) is 17.2. The highest BCUT2D eigenvalue weighted by atomic mass is 35.5. The Hall–Kier alpha value is -1.31. The molecule has 24 heavy (non-hydrogen) atoms. The lowest BCUT2D eigenvalue weighted by molar-refractivity contribution is -0.140. The van der Waals surface area contributed by atoms with Crippen molar-refractivity contribution in [1.29, 1.82) is 0 Å². The summed E-state index contributed by atoms with van der Waals surface area (Å²) in [7, 11) is 0. The van der Waals surface area contributed by atoms with Gasteiger partial charge in [-0.25, -0.2) is 0 Å². The number of fused-ring (bicyclic) bond motifs is 1. The van der Waals surface area contributed by atoms with Gasteiger partial charge in [-0.2, -0.15) is 18.3 Å². The minimum Gasteiger partial charge on any atom is -0.392 e. The predicted octanol–water partition coefficient (Wildman–Crippen LogP) is 3.60. The zero-order valence-electron chi connectivity index (χ0n) is 13.0. The lowest BCUT2D eigenvalue weighted by atomic mass is 9.97. The number of hydrogen-bond acceptors (Lipinski definition) is 3. The molecule has 4 nitrogen and oxygen atoms in total. The molecule has 3 rings (SSSR count). The van der Waals surface area contributed by atoms with Crippen LogP contribution in [0.3, 0.4) is 0 Å². The molecular formula is C16H19ClF3N3O. The summed E-state index contributed by atoms with van der Waals surface area (Å²) in [6, 6.07) is 4.43. The topological polar surface area (TPSA) is 50.1 Å². The highest BCUT2D eigenvalue weighted by molar-refractivity contribution is 6.31. The smallest absolute Gasteiger partial charge is 0.392 e. The molecule has 1 aromatic heterocycles. The van der Waals surface area contributed by atoms with E-state index in [4.69, 9.17) is 11.6 Å². The van der Waals surface area contributed by atoms with Crippen molar-refractivity contribution in [3.8, 4) is 0 Å². The lowest BCUT2D eigenvalue weighted by Gasteiger charge is -2.28. The van der Waals surface area contributed by atoms with Crippen molar-refractivity contribution in [2.45, 2.75) is 50.6 Å². The van der Waals surface area contributed by atoms with Crippen LogP contribution >= 0.6 is 11.6 Å². The lowest BCUT2D eigenvalue weighted by Crippen LogP contribution is -2.44. The first-order chi connectivity index (χ1) is 11.4. The number of alkyl halides is 3. The van der Waals surface area contributed by atoms with E-state index in [0.29, 0.717) is 24.9 Å². The Morgan fingerprint density at radius 1 is 1.38 bits per heavy atom. The van der Waals surface area contributed by atoms with Crippen molar-refractivity contribution in [3.05, 3.63) is 28.9 Å². The van der Waals surface area contributed by atoms with Crippen molar-refractivity contribution in [1.82, 2.24) is 15.1 Å². The SMILES string of the molecule is O[C@H]1CCCN[C@@H]1CCCn1nc(C(F)(F)F)c2cc(Cl)ccc21. The number of halogens is 4. The van der Waals surface area contributed by atoms with E-state index in [1.54, 1.807) is 12.1 Å². The summed E-state index contributed by atoms with van der Waals surface area (Å²) >= 11 is 5.83. The van der Waals surface area contributed by atoms with Crippen molar-refractivity contribution in [2.24, 2.45) is 0 Å². The molecule has 8 heteroatoms. The molecule has 0 saturated carbocycles. The number of aliphatic hydroxyl groups is 1. The van der Waals surface area contributed by atoms with Gasteiger partial charge >= 0.3 is 6.18 Å². The monoisotopic (exact) mass is 361 g/mol. The average molecular weight is 362 g/mol. The Morgan fingerprint density at radius 2 is 2.17 bits per heavy atom. The van der Waals surface area contributed by atoms with Gasteiger partial charge in [0.1, 0.15) is 0 Å². The zero-order chi connectivity index (χ0) is 17.3. The minimum atomic E-state index is -4.52. The molecule has 2 N–H and O–H groups in total. The molecule has 132 valence electrons. The Balaban J connectivity index is 1.77. The first kappa shape index (κ1) is 17.5. The number of aromatic nitrogens is 2. The minimum absolute atomic E-state index is 0.00268. The molecule has 0 unspecified atom stereocenters. The van der Waals surface area contributed by atoms with Gasteiger partial charge in [0.05, 0.1) is 11.6 Å². The van der Waals surface area contributed by atoms with Crippen LogP contribution in [0.2, 0.25) is 5.02 Å². The van der Waals surface area contributed by atoms with Gasteiger partial charge in [0.15, 0.2) is 5.69 Å². The van der Waals surface area contributed by atoms with Crippen molar-refractivity contribution in [2.75, 3.05) is 6.54 Å². The second-order valence-electron chi connectivity index (χ2n) is 6.14. The van der Waals surface area contributed by atoms with Gasteiger partial charge in [0.2, 0.25) is 0 Å². The number of aliphatic hydroxyl groups excluding tert-OH is 1. The van der Waals surface area contributed by atoms with Crippen LogP contribution in [0, 0.1) is 0 Å². The van der Waals surface area contributed by atoms with Crippen LogP contribution < -0.4 is 5.32 Å². The van der Waals surface area contributed by atoms with E-state index in [-0.39, 0.29) is 16.5 Å². The molecule has 1 aliphatic heterocycles. The fourth-order valence-electron chi connectivity index (χ4n) is 3.22. The normalized spacial score (nSPS) is 22.2. The van der Waals surface area contributed by atoms with Crippen molar-refractivity contribution < 1.29 is 18.3 Å². The molecule has 1 aliphatic rings. The van der Waals surface area contributed by atoms with E-state index >= 15 is 0 Å². The number of rotatable bonds is 4. The molecule has 0 spiro atoms. The van der Waals surface area contributed by atoms with E-state index in [2.05, 4.69) is 10.4 Å². The standard InChI is InChI=1S/C16H19ClF3N3O/c17-10-5-6-13-11(9-10)15(16(18,19)20)22-23(13)8-2-3-12-14(24)4-1-7-21-12/h5-6,9,12,14,21,24H,1-4,7-8H2/t12-,14+/m1/s1. The summed E-state index contributed by atoms with van der Waals surface area (Å²) < 4.78 is 40.9. The number of piperidine rings is 1. The molecule has 1 fully saturated rings. The number of nitrogens with zero attached hydrogens (tertiary/aromatic N) is 2. The molecule has 1 aromatic carbocycles. The molecule has 2 atom stereocenters. The highest BCUT2D eigenvalue weighted by Crippen LogP contribution is 2.35. The maximum atomic E-state index is 13.2. The largest absolute Gasteiger partial charge is 0.435 e. The van der Waals surface area contributed by atoms with Gasteiger partial charge in [0.25, 0.3) is 0 Å². The Labute approximate surface area is 142 Å². The second kappa shape index (κ2) is 6.90. The van der Waals surface area contributed by atoms with Crippen LogP contribution in [0.15, 0.2) is 18.2 Å². The van der Waals surface area contributed by atoms with E-state index in [0.717, 1.165) is 19.4 Å². The molecule has 0 amide bonds. The zero-order valence-corrected chi connectivity index (χ0v) is 13.7. The average Bonchev–Trinajstić information content (AvgIpc) is 2.87. The fraction of sp³-hybridized carbons (Fsp3) is 0.562. The first-order valence-corrected chi connectivity index (χ1v) is 8.39. The van der Waals surface area contributed by atoms with E-state index in [1.807, 2.05) is 0 Å². The van der Waals surface area contributed by atoms with Gasteiger partial charge in [-0.1, -0.05) is 11.6 Å². The summed E-state index contributed by atoms with van der Waals surface area (Å²) in [4.78, 5) is 0. The van der Waals surface area contributed by atoms with Crippen LogP contribution in [-0.4, -0.2) is 33.6 Å². The van der Waals surface area contributed by atoms with E-state index < -0.39 is 18.0 Å². The summed E-state index contributed by atoms with van der Waals surface area (Å²) in [5.41, 5.74) is -0.486. The van der Waals surface area contributed by atoms with Crippen LogP contribution in [-0.2, 0) is 12.7 Å². The summed E-state index contributed by atoms with van der Waals surface area (Å²) in [6.45, 7) is 1.22. The van der Waals surface area contributed by atoms with Crippen LogP contribution in [0.25, 0.3) is 10.9 Å². The third kappa shape index (κ3) is 3.68. The highest BCUT2D eigenvalue weighted by Gasteiger charge is 2.36. The Kier molecular flexibility index (Phi) is 5.03. The molecular weight excluding hydrogens is 343 g/mol. The number of benzene rings is 1. The van der Waals surface area contributed by atoms with Gasteiger partial charge in [0, 0.05) is 23.0 Å². The number of nitrogens with one attached hydrogen (secondary N) is 1. The fourth-order valence-corrected chi connectivity index (χ4v) is 3.39. The van der Waals surface area contributed by atoms with E-state index in [9.17, 15) is 18.3 Å². The van der Waals surface area contributed by atoms with Crippen molar-refractivity contribution in [3.63, 3.8) is 0 Å². The number of hydrogen-bond donors (Lipinski definition) is 2. The molecule has 2 heterocycles. The maximum Gasteiger partial charge on any atom is 0.435 e. The number of aryl methyl sites for hydroxylation is 1. The molecule has 0 aliphatic carbocycles. The van der Waals surface area contributed by atoms with Gasteiger partial charge in [-0.05, 0) is 50.4 Å². The quantitative estimate of drug-likeness (QED) is 0.874. The Morgan fingerprint density at radius 3 is 2.88 bits per heavy atom. The molecule has 0 radical (unpaired) electrons. The second-order valence-corrected chi connectivity index (χ2v) is 6.58. The molecule has 2 aromatic rings. The first-order valence-electron chi connectivity index (χ1n) is 8.01. The predicted molar refractivity (Wildman–Crippen MR) is 86.0 cm³/mol. The van der Waals surface area contributed by atoms with Crippen LogP contribution in [0.4, 0.5) is 13.2 Å². The van der Waals surface area contributed by atoms with Crippen LogP contribution in [0.5, 0.6) is 0 Å². The third-order valence-corrected chi connectivity index (χ3v) is 4.65. The summed E-state index contributed by atoms with van der Waals surface area (Å²) in [5.74, 6) is 0. The van der Waals surface area contributed by atoms with Gasteiger partial charge in [-0.15, -0.1) is 0 Å². The van der Waals surface area contributed by atoms with Gasteiger partial charge < -0.3 is 10.4 Å². The Bertz CT molecular complexity index is 716. The summed E-state index contributed by atoms with van der Waals surface area (Å²) in [6.07, 6.45) is -1.88. The maximum absolute atomic E-state index is 13.2. The van der Waals surface area contributed by atoms with Crippen LogP contribution in [0.1, 0.15) is 31.4 Å². The third-order valence-electron chi connectivity index (χ3n) is 4.41. The molecule has 0 bridgehead atoms. The molecule has 1 saturated heterocycles. The van der Waals surface area contributed by atoms with Gasteiger partial charge in [-0.3, -0.25) is 4.68 Å². The van der Waals surface area contributed by atoms with Crippen molar-refractivity contribution >= 4 is 22.5 Å². The van der Waals surface area contributed by atoms with E-state index in [1.165, 1.54) is 10.7 Å².